The van der Waals surface area contributed by atoms with Gasteiger partial charge in [-0.1, -0.05) is 5.16 Å². The Bertz CT molecular complexity index is 605. The van der Waals surface area contributed by atoms with Crippen LogP contribution in [-0.2, 0) is 6.42 Å². The van der Waals surface area contributed by atoms with E-state index in [1.54, 1.807) is 6.92 Å². The molecule has 0 unspecified atom stereocenters. The fourth-order valence-corrected chi connectivity index (χ4v) is 2.19. The van der Waals surface area contributed by atoms with Crippen molar-refractivity contribution < 1.29 is 19.2 Å². The van der Waals surface area contributed by atoms with Gasteiger partial charge in [-0.05, 0) is 6.92 Å². The molecule has 0 spiro atoms. The third-order valence-electron chi connectivity index (χ3n) is 2.39. The summed E-state index contributed by atoms with van der Waals surface area (Å²) in [5.41, 5.74) is 0.423. The molecule has 0 radical (unpaired) electrons. The summed E-state index contributed by atoms with van der Waals surface area (Å²) in [6, 6.07) is 0. The molecule has 0 fully saturated rings. The third kappa shape index (κ3) is 3.16. The molecule has 19 heavy (non-hydrogen) atoms. The van der Waals surface area contributed by atoms with Crippen LogP contribution in [0.25, 0.3) is 0 Å². The Morgan fingerprint density at radius 1 is 1.53 bits per heavy atom. The number of carboxylic acids is 1. The summed E-state index contributed by atoms with van der Waals surface area (Å²) in [6.45, 7) is 2.03. The van der Waals surface area contributed by atoms with Crippen molar-refractivity contribution in [1.29, 1.82) is 0 Å². The van der Waals surface area contributed by atoms with E-state index in [9.17, 15) is 9.59 Å². The number of aromatic nitrogens is 2. The van der Waals surface area contributed by atoms with Crippen LogP contribution in [0.2, 0.25) is 0 Å². The molecule has 7 nitrogen and oxygen atoms in total. The molecule has 0 aliphatic carbocycles. The van der Waals surface area contributed by atoms with E-state index in [2.05, 4.69) is 15.5 Å². The third-order valence-corrected chi connectivity index (χ3v) is 3.30. The number of thiazole rings is 1. The molecule has 0 bridgehead atoms. The SMILES string of the molecule is Cc1oncc1C(=O)NCCc1nc(C(=O)O)cs1. The maximum atomic E-state index is 11.7. The Hall–Kier alpha value is -2.22. The van der Waals surface area contributed by atoms with Crippen molar-refractivity contribution in [1.82, 2.24) is 15.5 Å². The molecular weight excluding hydrogens is 270 g/mol. The number of aryl methyl sites for hydroxylation is 1. The molecule has 0 atom stereocenters. The van der Waals surface area contributed by atoms with Gasteiger partial charge in [0.2, 0.25) is 0 Å². The fraction of sp³-hybridized carbons (Fsp3) is 0.273. The minimum Gasteiger partial charge on any atom is -0.476 e. The number of aromatic carboxylic acids is 1. The Balaban J connectivity index is 1.85. The van der Waals surface area contributed by atoms with Gasteiger partial charge in [-0.3, -0.25) is 4.79 Å². The first-order valence-corrected chi connectivity index (χ1v) is 6.33. The standard InChI is InChI=1S/C11H11N3O4S/c1-6-7(4-13-18-6)10(15)12-3-2-9-14-8(5-19-9)11(16)17/h4-5H,2-3H2,1H3,(H,12,15)(H,16,17). The summed E-state index contributed by atoms with van der Waals surface area (Å²) in [5.74, 6) is -0.861. The molecule has 1 amide bonds. The van der Waals surface area contributed by atoms with Crippen molar-refractivity contribution in [3.05, 3.63) is 33.6 Å². The van der Waals surface area contributed by atoms with E-state index in [-0.39, 0.29) is 11.6 Å². The molecule has 0 aliphatic heterocycles. The highest BCUT2D eigenvalue weighted by atomic mass is 32.1. The summed E-state index contributed by atoms with van der Waals surface area (Å²) >= 11 is 1.26. The Morgan fingerprint density at radius 3 is 2.89 bits per heavy atom. The summed E-state index contributed by atoms with van der Waals surface area (Å²) in [7, 11) is 0. The van der Waals surface area contributed by atoms with Gasteiger partial charge in [0.15, 0.2) is 5.69 Å². The highest BCUT2D eigenvalue weighted by Gasteiger charge is 2.13. The van der Waals surface area contributed by atoms with Crippen molar-refractivity contribution in [2.24, 2.45) is 0 Å². The van der Waals surface area contributed by atoms with Crippen LogP contribution < -0.4 is 5.32 Å². The Morgan fingerprint density at radius 2 is 2.32 bits per heavy atom. The normalized spacial score (nSPS) is 10.4. The van der Waals surface area contributed by atoms with Gasteiger partial charge in [-0.25, -0.2) is 9.78 Å². The first-order valence-electron chi connectivity index (χ1n) is 5.45. The average molecular weight is 281 g/mol. The largest absolute Gasteiger partial charge is 0.476 e. The van der Waals surface area contributed by atoms with Gasteiger partial charge in [0.1, 0.15) is 11.3 Å². The maximum Gasteiger partial charge on any atom is 0.355 e. The van der Waals surface area contributed by atoms with Crippen LogP contribution in [0, 0.1) is 6.92 Å². The number of nitrogens with zero attached hydrogens (tertiary/aromatic N) is 2. The average Bonchev–Trinajstić information content (AvgIpc) is 2.97. The number of hydrogen-bond acceptors (Lipinski definition) is 6. The number of hydrogen-bond donors (Lipinski definition) is 2. The number of carbonyl (C=O) groups is 2. The molecule has 2 heterocycles. The Labute approximate surface area is 112 Å². The molecule has 0 saturated heterocycles. The van der Waals surface area contributed by atoms with Crippen LogP contribution in [-0.4, -0.2) is 33.7 Å². The lowest BCUT2D eigenvalue weighted by Gasteiger charge is -2.01. The molecule has 0 aliphatic rings. The minimum absolute atomic E-state index is 0.0289. The second-order valence-electron chi connectivity index (χ2n) is 3.73. The van der Waals surface area contributed by atoms with Crippen LogP contribution >= 0.6 is 11.3 Å². The topological polar surface area (TPSA) is 105 Å². The summed E-state index contributed by atoms with van der Waals surface area (Å²) in [4.78, 5) is 26.3. The fourth-order valence-electron chi connectivity index (χ4n) is 1.42. The minimum atomic E-state index is -1.05. The van der Waals surface area contributed by atoms with Gasteiger partial charge in [0.25, 0.3) is 5.91 Å². The maximum absolute atomic E-state index is 11.7. The zero-order chi connectivity index (χ0) is 13.8. The van der Waals surface area contributed by atoms with E-state index in [4.69, 9.17) is 9.63 Å². The molecule has 0 saturated carbocycles. The van der Waals surface area contributed by atoms with E-state index in [1.165, 1.54) is 22.9 Å². The second-order valence-corrected chi connectivity index (χ2v) is 4.68. The zero-order valence-electron chi connectivity index (χ0n) is 10.0. The summed E-state index contributed by atoms with van der Waals surface area (Å²) in [5, 5.41) is 17.1. The number of rotatable bonds is 5. The Kier molecular flexibility index (Phi) is 3.91. The molecule has 2 N–H and O–H groups in total. The molecule has 2 aromatic rings. The number of amides is 1. The first-order chi connectivity index (χ1) is 9.08. The molecule has 2 rings (SSSR count). The molecule has 0 aromatic carbocycles. The highest BCUT2D eigenvalue weighted by molar-refractivity contribution is 7.09. The van der Waals surface area contributed by atoms with Crippen molar-refractivity contribution in [2.75, 3.05) is 6.54 Å². The van der Waals surface area contributed by atoms with Crippen molar-refractivity contribution in [3.63, 3.8) is 0 Å². The lowest BCUT2D eigenvalue weighted by Crippen LogP contribution is -2.25. The van der Waals surface area contributed by atoms with Gasteiger partial charge in [0.05, 0.1) is 11.2 Å². The lowest BCUT2D eigenvalue weighted by molar-refractivity contribution is 0.0690. The monoisotopic (exact) mass is 281 g/mol. The number of carboxylic acid groups (broad SMARTS) is 1. The van der Waals surface area contributed by atoms with Gasteiger partial charge in [-0.15, -0.1) is 11.3 Å². The van der Waals surface area contributed by atoms with E-state index in [0.717, 1.165) is 0 Å². The van der Waals surface area contributed by atoms with Crippen LogP contribution in [0.5, 0.6) is 0 Å². The van der Waals surface area contributed by atoms with E-state index in [0.29, 0.717) is 29.3 Å². The van der Waals surface area contributed by atoms with E-state index in [1.807, 2.05) is 0 Å². The van der Waals surface area contributed by atoms with Crippen molar-refractivity contribution >= 4 is 23.2 Å². The molecule has 100 valence electrons. The number of nitrogens with one attached hydrogen (secondary N) is 1. The zero-order valence-corrected chi connectivity index (χ0v) is 10.9. The van der Waals surface area contributed by atoms with Crippen molar-refractivity contribution in [3.8, 4) is 0 Å². The highest BCUT2D eigenvalue weighted by Crippen LogP contribution is 2.10. The van der Waals surface area contributed by atoms with Crippen LogP contribution in [0.4, 0.5) is 0 Å². The number of carbonyl (C=O) groups excluding carboxylic acids is 1. The molecule has 2 aromatic heterocycles. The predicted octanol–water partition coefficient (Wildman–Crippen LogP) is 1.11. The van der Waals surface area contributed by atoms with E-state index < -0.39 is 5.97 Å². The van der Waals surface area contributed by atoms with Gasteiger partial charge in [0, 0.05) is 18.3 Å². The molecule has 8 heteroatoms. The van der Waals surface area contributed by atoms with Gasteiger partial charge in [-0.2, -0.15) is 0 Å². The predicted molar refractivity (Wildman–Crippen MR) is 66.4 cm³/mol. The summed E-state index contributed by atoms with van der Waals surface area (Å²) in [6.07, 6.45) is 1.84. The van der Waals surface area contributed by atoms with E-state index >= 15 is 0 Å². The van der Waals surface area contributed by atoms with Gasteiger partial charge < -0.3 is 14.9 Å². The summed E-state index contributed by atoms with van der Waals surface area (Å²) < 4.78 is 4.79. The van der Waals surface area contributed by atoms with Crippen LogP contribution in [0.1, 0.15) is 31.6 Å². The first kappa shape index (κ1) is 13.2. The molecular formula is C11H11N3O4S. The van der Waals surface area contributed by atoms with Crippen LogP contribution in [0.3, 0.4) is 0 Å². The lowest BCUT2D eigenvalue weighted by atomic mass is 10.2. The second kappa shape index (κ2) is 5.61. The van der Waals surface area contributed by atoms with Crippen LogP contribution in [0.15, 0.2) is 16.1 Å². The smallest absolute Gasteiger partial charge is 0.355 e. The van der Waals surface area contributed by atoms with Crippen molar-refractivity contribution in [2.45, 2.75) is 13.3 Å². The quantitative estimate of drug-likeness (QED) is 0.850. The van der Waals surface area contributed by atoms with Gasteiger partial charge >= 0.3 is 5.97 Å².